The fraction of sp³-hybridized carbons (Fsp3) is 0. The van der Waals surface area contributed by atoms with Crippen LogP contribution in [0.25, 0.3) is 10.6 Å². The van der Waals surface area contributed by atoms with Crippen molar-refractivity contribution in [2.75, 3.05) is 10.6 Å². The van der Waals surface area contributed by atoms with E-state index in [0.29, 0.717) is 27.0 Å². The Bertz CT molecular complexity index is 1120. The van der Waals surface area contributed by atoms with Gasteiger partial charge in [0, 0.05) is 11.6 Å². The monoisotopic (exact) mass is 428 g/mol. The summed E-state index contributed by atoms with van der Waals surface area (Å²) < 4.78 is 0. The normalized spacial score (nSPS) is 10.6. The van der Waals surface area contributed by atoms with E-state index in [2.05, 4.69) is 20.8 Å². The van der Waals surface area contributed by atoms with Crippen LogP contribution in [0.15, 0.2) is 59.3 Å². The molecular formula is C19H13ClN4O2S2. The van der Waals surface area contributed by atoms with Gasteiger partial charge >= 0.3 is 0 Å². The van der Waals surface area contributed by atoms with E-state index in [0.717, 1.165) is 10.6 Å². The third kappa shape index (κ3) is 3.99. The second-order valence-corrected chi connectivity index (χ2v) is 8.03. The molecule has 4 rings (SSSR count). The minimum Gasteiger partial charge on any atom is -0.320 e. The largest absolute Gasteiger partial charge is 0.320 e. The summed E-state index contributed by atoms with van der Waals surface area (Å²) in [6.07, 6.45) is 0. The van der Waals surface area contributed by atoms with E-state index in [1.807, 2.05) is 22.9 Å². The van der Waals surface area contributed by atoms with Crippen LogP contribution < -0.4 is 10.6 Å². The molecule has 0 atom stereocenters. The number of aromatic nitrogens is 2. The Labute approximate surface area is 173 Å². The summed E-state index contributed by atoms with van der Waals surface area (Å²) in [5.41, 5.74) is 1.55. The van der Waals surface area contributed by atoms with Crippen LogP contribution in [-0.4, -0.2) is 22.0 Å². The highest BCUT2D eigenvalue weighted by Gasteiger charge is 2.14. The number of nitrogens with zero attached hydrogens (tertiary/aromatic N) is 1. The molecule has 0 aliphatic rings. The predicted molar refractivity (Wildman–Crippen MR) is 114 cm³/mol. The smallest absolute Gasteiger partial charge is 0.265 e. The first kappa shape index (κ1) is 18.4. The summed E-state index contributed by atoms with van der Waals surface area (Å²) in [4.78, 5) is 26.4. The van der Waals surface area contributed by atoms with Crippen LogP contribution in [0.4, 0.5) is 11.5 Å². The SMILES string of the molecule is O=C(Nc1cc(-c2cccs2)[nH]n1)c1ccc(Cl)c(NC(=O)c2cccs2)c1. The van der Waals surface area contributed by atoms with Gasteiger partial charge < -0.3 is 10.6 Å². The van der Waals surface area contributed by atoms with E-state index in [4.69, 9.17) is 11.6 Å². The number of anilines is 2. The zero-order valence-electron chi connectivity index (χ0n) is 14.2. The molecule has 0 aliphatic carbocycles. The number of hydrogen-bond donors (Lipinski definition) is 3. The van der Waals surface area contributed by atoms with Crippen molar-refractivity contribution in [3.63, 3.8) is 0 Å². The lowest BCUT2D eigenvalue weighted by Gasteiger charge is -2.09. The maximum atomic E-state index is 12.6. The fourth-order valence-electron chi connectivity index (χ4n) is 2.49. The van der Waals surface area contributed by atoms with Gasteiger partial charge in [0.05, 0.1) is 26.2 Å². The number of thiophene rings is 2. The highest BCUT2D eigenvalue weighted by atomic mass is 35.5. The van der Waals surface area contributed by atoms with Crippen LogP contribution in [-0.2, 0) is 0 Å². The fourth-order valence-corrected chi connectivity index (χ4v) is 3.96. The van der Waals surface area contributed by atoms with Gasteiger partial charge in [0.2, 0.25) is 0 Å². The van der Waals surface area contributed by atoms with Crippen LogP contribution in [0.3, 0.4) is 0 Å². The van der Waals surface area contributed by atoms with Gasteiger partial charge in [-0.25, -0.2) is 0 Å². The van der Waals surface area contributed by atoms with Crippen molar-refractivity contribution in [3.8, 4) is 10.6 Å². The number of carbonyl (C=O) groups is 2. The van der Waals surface area contributed by atoms with E-state index in [-0.39, 0.29) is 11.8 Å². The number of amides is 2. The van der Waals surface area contributed by atoms with Crippen molar-refractivity contribution in [2.24, 2.45) is 0 Å². The number of H-pyrrole nitrogens is 1. The maximum absolute atomic E-state index is 12.6. The van der Waals surface area contributed by atoms with Gasteiger partial charge in [0.25, 0.3) is 11.8 Å². The zero-order chi connectivity index (χ0) is 19.5. The number of benzene rings is 1. The number of carbonyl (C=O) groups excluding carboxylic acids is 2. The Morgan fingerprint density at radius 2 is 1.79 bits per heavy atom. The predicted octanol–water partition coefficient (Wildman–Crippen LogP) is 5.36. The van der Waals surface area contributed by atoms with Crippen LogP contribution in [0.2, 0.25) is 5.02 Å². The molecule has 0 spiro atoms. The molecule has 3 N–H and O–H groups in total. The Morgan fingerprint density at radius 3 is 2.54 bits per heavy atom. The zero-order valence-corrected chi connectivity index (χ0v) is 16.6. The molecule has 0 aliphatic heterocycles. The summed E-state index contributed by atoms with van der Waals surface area (Å²) in [6, 6.07) is 13.9. The van der Waals surface area contributed by atoms with Crippen LogP contribution >= 0.6 is 34.3 Å². The third-order valence-corrected chi connectivity index (χ3v) is 5.93. The molecule has 2 amide bonds. The Balaban J connectivity index is 1.49. The average Bonchev–Trinajstić information content (AvgIpc) is 3.45. The molecule has 9 heteroatoms. The molecule has 3 heterocycles. The van der Waals surface area contributed by atoms with E-state index in [1.54, 1.807) is 41.7 Å². The van der Waals surface area contributed by atoms with Gasteiger partial charge in [-0.1, -0.05) is 23.7 Å². The lowest BCUT2D eigenvalue weighted by Crippen LogP contribution is -2.14. The van der Waals surface area contributed by atoms with Crippen LogP contribution in [0, 0.1) is 0 Å². The molecule has 0 unspecified atom stereocenters. The maximum Gasteiger partial charge on any atom is 0.265 e. The lowest BCUT2D eigenvalue weighted by molar-refractivity contribution is 0.101. The Hall–Kier alpha value is -2.94. The third-order valence-electron chi connectivity index (χ3n) is 3.83. The average molecular weight is 429 g/mol. The quantitative estimate of drug-likeness (QED) is 0.400. The number of aromatic amines is 1. The molecule has 0 saturated carbocycles. The first-order valence-corrected chi connectivity index (χ1v) is 10.3. The molecule has 140 valence electrons. The molecular weight excluding hydrogens is 416 g/mol. The molecule has 28 heavy (non-hydrogen) atoms. The molecule has 1 aromatic carbocycles. The van der Waals surface area contributed by atoms with Gasteiger partial charge in [0.1, 0.15) is 0 Å². The van der Waals surface area contributed by atoms with Crippen LogP contribution in [0.1, 0.15) is 20.0 Å². The molecule has 0 bridgehead atoms. The molecule has 0 radical (unpaired) electrons. The van der Waals surface area contributed by atoms with E-state index < -0.39 is 0 Å². The summed E-state index contributed by atoms with van der Waals surface area (Å²) in [7, 11) is 0. The van der Waals surface area contributed by atoms with E-state index >= 15 is 0 Å². The topological polar surface area (TPSA) is 86.9 Å². The second kappa shape index (κ2) is 7.97. The van der Waals surface area contributed by atoms with Crippen molar-refractivity contribution in [1.29, 1.82) is 0 Å². The molecule has 4 aromatic rings. The highest BCUT2D eigenvalue weighted by Crippen LogP contribution is 2.26. The summed E-state index contributed by atoms with van der Waals surface area (Å²) >= 11 is 9.07. The Kier molecular flexibility index (Phi) is 5.25. The number of hydrogen-bond acceptors (Lipinski definition) is 5. The van der Waals surface area contributed by atoms with Crippen molar-refractivity contribution in [1.82, 2.24) is 10.2 Å². The first-order chi connectivity index (χ1) is 13.6. The summed E-state index contributed by atoms with van der Waals surface area (Å²) in [6.45, 7) is 0. The second-order valence-electron chi connectivity index (χ2n) is 5.72. The van der Waals surface area contributed by atoms with Crippen LogP contribution in [0.5, 0.6) is 0 Å². The molecule has 3 aromatic heterocycles. The van der Waals surface area contributed by atoms with Gasteiger partial charge in [-0.05, 0) is 41.1 Å². The van der Waals surface area contributed by atoms with Gasteiger partial charge in [-0.2, -0.15) is 5.10 Å². The van der Waals surface area contributed by atoms with Gasteiger partial charge in [-0.15, -0.1) is 22.7 Å². The molecule has 0 saturated heterocycles. The van der Waals surface area contributed by atoms with Gasteiger partial charge in [-0.3, -0.25) is 14.7 Å². The Morgan fingerprint density at radius 1 is 0.964 bits per heavy atom. The van der Waals surface area contributed by atoms with Crippen molar-refractivity contribution < 1.29 is 9.59 Å². The number of rotatable bonds is 5. The van der Waals surface area contributed by atoms with E-state index in [9.17, 15) is 9.59 Å². The highest BCUT2D eigenvalue weighted by molar-refractivity contribution is 7.13. The molecule has 6 nitrogen and oxygen atoms in total. The standard InChI is InChI=1S/C19H13ClN4O2S2/c20-12-6-5-11(9-13(12)21-19(26)16-4-2-8-28-16)18(25)22-17-10-14(23-24-17)15-3-1-7-27-15/h1-10H,(H,21,26)(H2,22,23,24,25). The number of nitrogens with one attached hydrogen (secondary N) is 3. The van der Waals surface area contributed by atoms with Gasteiger partial charge in [0.15, 0.2) is 5.82 Å². The van der Waals surface area contributed by atoms with Crippen molar-refractivity contribution in [3.05, 3.63) is 74.8 Å². The number of halogens is 1. The minimum atomic E-state index is -0.354. The summed E-state index contributed by atoms with van der Waals surface area (Å²) in [5, 5.41) is 16.6. The lowest BCUT2D eigenvalue weighted by atomic mass is 10.2. The molecule has 0 fully saturated rings. The minimum absolute atomic E-state index is 0.276. The summed E-state index contributed by atoms with van der Waals surface area (Å²) in [5.74, 6) is -0.220. The first-order valence-electron chi connectivity index (χ1n) is 8.15. The van der Waals surface area contributed by atoms with E-state index in [1.165, 1.54) is 17.4 Å². The van der Waals surface area contributed by atoms with Crippen molar-refractivity contribution >= 4 is 57.6 Å². The van der Waals surface area contributed by atoms with Crippen molar-refractivity contribution in [2.45, 2.75) is 0 Å².